The van der Waals surface area contributed by atoms with Gasteiger partial charge in [0.05, 0.1) is 6.17 Å². The van der Waals surface area contributed by atoms with Gasteiger partial charge in [-0.2, -0.15) is 0 Å². The van der Waals surface area contributed by atoms with Crippen molar-refractivity contribution >= 4 is 57.4 Å². The molecule has 190 valence electrons. The van der Waals surface area contributed by atoms with E-state index < -0.39 is 0 Å². The molecule has 1 atom stereocenters. The smallest absolute Gasteiger partial charge is 0.252 e. The molecule has 36 heavy (non-hydrogen) atoms. The summed E-state index contributed by atoms with van der Waals surface area (Å²) in [6, 6.07) is 20.5. The molecule has 5 nitrogen and oxygen atoms in total. The Morgan fingerprint density at radius 2 is 1.69 bits per heavy atom. The van der Waals surface area contributed by atoms with Crippen molar-refractivity contribution in [2.75, 3.05) is 31.1 Å². The molecule has 0 spiro atoms. The van der Waals surface area contributed by atoms with E-state index in [1.807, 2.05) is 24.3 Å². The van der Waals surface area contributed by atoms with Gasteiger partial charge in [-0.15, -0.1) is 12.4 Å². The molecule has 0 radical (unpaired) electrons. The van der Waals surface area contributed by atoms with E-state index in [-0.39, 0.29) is 24.5 Å². The third-order valence-corrected chi connectivity index (χ3v) is 7.78. The maximum atomic E-state index is 13.4. The lowest BCUT2D eigenvalue weighted by molar-refractivity contribution is 0.0824. The number of nitrogens with zero attached hydrogens (tertiary/aromatic N) is 3. The van der Waals surface area contributed by atoms with Crippen LogP contribution in [0.1, 0.15) is 35.7 Å². The normalized spacial score (nSPS) is 15.2. The minimum Gasteiger partial charge on any atom is -0.369 e. The zero-order valence-electron chi connectivity index (χ0n) is 21.1. The van der Waals surface area contributed by atoms with Crippen LogP contribution in [0.15, 0.2) is 60.7 Å². The second-order valence-corrected chi connectivity index (χ2v) is 9.90. The molecular formula is C29H34Cl2N4O. The minimum atomic E-state index is -0.00796. The fourth-order valence-electron chi connectivity index (χ4n) is 5.38. The van der Waals surface area contributed by atoms with Gasteiger partial charge >= 0.3 is 0 Å². The van der Waals surface area contributed by atoms with Gasteiger partial charge in [-0.25, -0.2) is 0 Å². The first kappa shape index (κ1) is 26.3. The van der Waals surface area contributed by atoms with E-state index in [1.54, 1.807) is 0 Å². The molecule has 3 aromatic carbocycles. The molecule has 1 unspecified atom stereocenters. The highest BCUT2D eigenvalue weighted by Crippen LogP contribution is 2.29. The van der Waals surface area contributed by atoms with E-state index in [0.717, 1.165) is 60.5 Å². The molecular weight excluding hydrogens is 491 g/mol. The highest BCUT2D eigenvalue weighted by Gasteiger charge is 2.26. The molecule has 1 amide bonds. The van der Waals surface area contributed by atoms with Gasteiger partial charge in [0, 0.05) is 71.3 Å². The van der Waals surface area contributed by atoms with Gasteiger partial charge in [0.15, 0.2) is 0 Å². The predicted molar refractivity (Wildman–Crippen MR) is 154 cm³/mol. The molecule has 4 aromatic rings. The van der Waals surface area contributed by atoms with Crippen LogP contribution >= 0.6 is 24.0 Å². The van der Waals surface area contributed by atoms with Gasteiger partial charge in [0.2, 0.25) is 0 Å². The molecule has 1 fully saturated rings. The topological polar surface area (TPSA) is 40.5 Å². The number of carbonyl (C=O) groups is 1. The largest absolute Gasteiger partial charge is 0.369 e. The first-order valence-corrected chi connectivity index (χ1v) is 12.9. The van der Waals surface area contributed by atoms with Crippen LogP contribution in [0.5, 0.6) is 0 Å². The van der Waals surface area contributed by atoms with E-state index in [9.17, 15) is 4.79 Å². The zero-order chi connectivity index (χ0) is 24.5. The quantitative estimate of drug-likeness (QED) is 0.317. The van der Waals surface area contributed by atoms with Crippen LogP contribution in [0, 0.1) is 6.92 Å². The third kappa shape index (κ3) is 4.93. The summed E-state index contributed by atoms with van der Waals surface area (Å²) in [5.74, 6) is -0.00796. The summed E-state index contributed by atoms with van der Waals surface area (Å²) in [5.41, 5.74) is 5.36. The number of amides is 1. The van der Waals surface area contributed by atoms with Crippen molar-refractivity contribution in [3.8, 4) is 0 Å². The van der Waals surface area contributed by atoms with Crippen LogP contribution in [0.2, 0.25) is 5.02 Å². The molecule has 5 rings (SSSR count). The van der Waals surface area contributed by atoms with Crippen molar-refractivity contribution in [3.05, 3.63) is 76.8 Å². The second-order valence-electron chi connectivity index (χ2n) is 9.49. The Hall–Kier alpha value is -2.73. The summed E-state index contributed by atoms with van der Waals surface area (Å²) in [4.78, 5) is 18.2. The fraction of sp³-hybridized carbons (Fsp3) is 0.345. The molecule has 1 N–H and O–H groups in total. The Morgan fingerprint density at radius 1 is 0.972 bits per heavy atom. The monoisotopic (exact) mass is 524 g/mol. The first-order chi connectivity index (χ1) is 17.0. The van der Waals surface area contributed by atoms with Gasteiger partial charge in [0.1, 0.15) is 0 Å². The number of aromatic nitrogens is 1. The Labute approximate surface area is 224 Å². The van der Waals surface area contributed by atoms with Gasteiger partial charge < -0.3 is 14.8 Å². The number of rotatable bonds is 6. The molecule has 2 heterocycles. The lowest BCUT2D eigenvalue weighted by Crippen LogP contribution is -2.56. The van der Waals surface area contributed by atoms with Crippen LogP contribution in [0.4, 0.5) is 5.69 Å². The number of fused-ring (bicyclic) bond motifs is 3. The Bertz CT molecular complexity index is 1370. The summed E-state index contributed by atoms with van der Waals surface area (Å²) in [7, 11) is 2.08. The molecule has 0 bridgehead atoms. The van der Waals surface area contributed by atoms with Crippen LogP contribution in [-0.2, 0) is 7.05 Å². The molecule has 0 saturated carbocycles. The highest BCUT2D eigenvalue weighted by molar-refractivity contribution is 6.31. The number of para-hydroxylation sites is 1. The van der Waals surface area contributed by atoms with Crippen LogP contribution in [0.3, 0.4) is 0 Å². The molecule has 1 saturated heterocycles. The summed E-state index contributed by atoms with van der Waals surface area (Å²) in [6.45, 7) is 7.89. The van der Waals surface area contributed by atoms with Gasteiger partial charge in [0.25, 0.3) is 5.91 Å². The number of hydrogen-bond acceptors (Lipinski definition) is 3. The van der Waals surface area contributed by atoms with Crippen LogP contribution in [-0.4, -0.2) is 47.7 Å². The number of carbonyl (C=O) groups excluding carboxylic acids is 1. The fourth-order valence-corrected chi connectivity index (χ4v) is 5.55. The van der Waals surface area contributed by atoms with E-state index in [0.29, 0.717) is 5.56 Å². The molecule has 1 aromatic heterocycles. The van der Waals surface area contributed by atoms with Crippen molar-refractivity contribution in [3.63, 3.8) is 0 Å². The Kier molecular flexibility index (Phi) is 8.13. The molecule has 7 heteroatoms. The zero-order valence-corrected chi connectivity index (χ0v) is 22.7. The molecule has 1 aliphatic rings. The number of aryl methyl sites for hydroxylation is 1. The Balaban J connectivity index is 0.00000304. The van der Waals surface area contributed by atoms with Crippen molar-refractivity contribution in [1.29, 1.82) is 0 Å². The maximum Gasteiger partial charge on any atom is 0.252 e. The van der Waals surface area contributed by atoms with Gasteiger partial charge in [-0.05, 0) is 55.3 Å². The highest BCUT2D eigenvalue weighted by atomic mass is 35.5. The molecule has 0 aliphatic carbocycles. The summed E-state index contributed by atoms with van der Waals surface area (Å²) in [5, 5.41) is 6.45. The van der Waals surface area contributed by atoms with Gasteiger partial charge in [-0.1, -0.05) is 49.2 Å². The number of piperazine rings is 1. The van der Waals surface area contributed by atoms with Crippen molar-refractivity contribution in [2.24, 2.45) is 7.05 Å². The first-order valence-electron chi connectivity index (χ1n) is 12.5. The summed E-state index contributed by atoms with van der Waals surface area (Å²) >= 11 is 6.35. The van der Waals surface area contributed by atoms with Crippen molar-refractivity contribution in [2.45, 2.75) is 32.9 Å². The number of hydrogen-bond donors (Lipinski definition) is 1. The summed E-state index contributed by atoms with van der Waals surface area (Å²) in [6.07, 6.45) is 1.97. The van der Waals surface area contributed by atoms with E-state index in [1.165, 1.54) is 16.6 Å². The van der Waals surface area contributed by atoms with E-state index >= 15 is 0 Å². The lowest BCUT2D eigenvalue weighted by atomic mass is 10.1. The minimum absolute atomic E-state index is 0. The van der Waals surface area contributed by atoms with E-state index in [2.05, 4.69) is 77.0 Å². The average molecular weight is 526 g/mol. The third-order valence-electron chi connectivity index (χ3n) is 7.37. The Morgan fingerprint density at radius 3 is 2.44 bits per heavy atom. The van der Waals surface area contributed by atoms with Crippen LogP contribution in [0.25, 0.3) is 21.8 Å². The SMILES string of the molecule is CCCC(NC(=O)c1ccc2c(c1)c1ccccc1n2C)N1CCN(c2cccc(Cl)c2C)CC1.Cl. The average Bonchev–Trinajstić information content (AvgIpc) is 3.17. The number of benzene rings is 3. The van der Waals surface area contributed by atoms with Crippen LogP contribution < -0.4 is 10.2 Å². The maximum absolute atomic E-state index is 13.4. The van der Waals surface area contributed by atoms with Crippen molar-refractivity contribution < 1.29 is 4.79 Å². The number of halogens is 2. The van der Waals surface area contributed by atoms with Gasteiger partial charge in [-0.3, -0.25) is 9.69 Å². The standard InChI is InChI=1S/C29H33ClN4O.ClH/c1-4-8-28(34-17-15-33(16-18-34)25-12-7-10-24(30)20(25)2)31-29(35)21-13-14-27-23(19-21)22-9-5-6-11-26(22)32(27)3;/h5-7,9-14,19,28H,4,8,15-18H2,1-3H3,(H,31,35);1H. The lowest BCUT2D eigenvalue weighted by Gasteiger charge is -2.41. The van der Waals surface area contributed by atoms with E-state index in [4.69, 9.17) is 11.6 Å². The number of anilines is 1. The second kappa shape index (κ2) is 11.1. The summed E-state index contributed by atoms with van der Waals surface area (Å²) < 4.78 is 2.19. The molecule has 1 aliphatic heterocycles. The van der Waals surface area contributed by atoms with Crippen molar-refractivity contribution in [1.82, 2.24) is 14.8 Å². The number of nitrogens with one attached hydrogen (secondary N) is 1. The predicted octanol–water partition coefficient (Wildman–Crippen LogP) is 6.39.